The normalized spacial score (nSPS) is 21.4. The smallest absolute Gasteiger partial charge is 0.338 e. The maximum absolute atomic E-state index is 13.7. The Balaban J connectivity index is 0.000000590. The van der Waals surface area contributed by atoms with Crippen LogP contribution >= 0.6 is 11.8 Å². The van der Waals surface area contributed by atoms with Gasteiger partial charge in [-0.15, -0.1) is 11.8 Å². The molecule has 41 heavy (non-hydrogen) atoms. The minimum Gasteiger partial charge on any atom is -0.550 e. The van der Waals surface area contributed by atoms with Crippen molar-refractivity contribution in [3.8, 4) is 0 Å². The van der Waals surface area contributed by atoms with Crippen LogP contribution in [0.15, 0.2) is 29.2 Å². The number of aliphatic carboxylic acids is 2. The van der Waals surface area contributed by atoms with Gasteiger partial charge in [-0.2, -0.15) is 0 Å². The Bertz CT molecular complexity index is 938. The number of halogens is 1. The number of rotatable bonds is 18. The van der Waals surface area contributed by atoms with Crippen LogP contribution < -0.4 is 32.4 Å². The molecule has 0 bridgehead atoms. The number of unbranched alkanes of at least 4 members (excludes halogenated alkanes) is 3. The molecule has 0 radical (unpaired) electrons. The van der Waals surface area contributed by atoms with E-state index in [0.29, 0.717) is 55.7 Å². The van der Waals surface area contributed by atoms with Gasteiger partial charge in [-0.1, -0.05) is 31.4 Å². The number of nitrogens with two attached hydrogens (primary N) is 2. The molecule has 13 heteroatoms. The Morgan fingerprint density at radius 1 is 1.02 bits per heavy atom. The number of hydrogen-bond donors (Lipinski definition) is 7. The minimum atomic E-state index is -1.13. The Morgan fingerprint density at radius 3 is 2.27 bits per heavy atom. The fourth-order valence-corrected chi connectivity index (χ4v) is 5.82. The maximum Gasteiger partial charge on any atom is 0.338 e. The molecule has 1 aliphatic carbocycles. The molecule has 1 unspecified atom stereocenters. The molecule has 1 aromatic carbocycles. The van der Waals surface area contributed by atoms with Crippen molar-refractivity contribution in [3.05, 3.63) is 30.1 Å². The van der Waals surface area contributed by atoms with E-state index in [2.05, 4.69) is 10.7 Å². The van der Waals surface area contributed by atoms with Crippen LogP contribution in [-0.4, -0.2) is 69.9 Å². The molecule has 0 aromatic heterocycles. The molecule has 6 atom stereocenters. The highest BCUT2D eigenvalue weighted by Gasteiger charge is 2.40. The minimum absolute atomic E-state index is 0.00226. The lowest BCUT2D eigenvalue weighted by atomic mass is 9.85. The number of carboxylic acids is 2. The molecular formula is C28H47FN4O7S. The van der Waals surface area contributed by atoms with Crippen molar-refractivity contribution < 1.29 is 50.2 Å². The molecule has 1 aromatic rings. The second-order valence-electron chi connectivity index (χ2n) is 10.5. The fraction of sp³-hybridized carbons (Fsp3) is 0.679. The van der Waals surface area contributed by atoms with Crippen LogP contribution in [0.2, 0.25) is 0 Å². The largest absolute Gasteiger partial charge is 0.550 e. The van der Waals surface area contributed by atoms with Gasteiger partial charge in [-0.25, -0.2) is 4.39 Å². The van der Waals surface area contributed by atoms with Crippen LogP contribution in [0.4, 0.5) is 4.39 Å². The molecule has 0 spiro atoms. The van der Waals surface area contributed by atoms with Gasteiger partial charge in [0, 0.05) is 23.0 Å². The molecule has 0 saturated heterocycles. The Kier molecular flexibility index (Phi) is 18.2. The van der Waals surface area contributed by atoms with E-state index in [4.69, 9.17) is 11.5 Å². The predicted octanol–water partition coefficient (Wildman–Crippen LogP) is -3.01. The number of aliphatic hydroxyl groups is 3. The van der Waals surface area contributed by atoms with Gasteiger partial charge >= 0.3 is 5.96 Å². The van der Waals surface area contributed by atoms with E-state index in [-0.39, 0.29) is 30.0 Å². The lowest BCUT2D eigenvalue weighted by molar-refractivity contribution is -0.466. The Morgan fingerprint density at radius 2 is 1.66 bits per heavy atom. The summed E-state index contributed by atoms with van der Waals surface area (Å²) in [6, 6.07) is 5.82. The third kappa shape index (κ3) is 15.9. The zero-order chi connectivity index (χ0) is 30.8. The van der Waals surface area contributed by atoms with Crippen LogP contribution in [0.3, 0.4) is 0 Å². The average Bonchev–Trinajstić information content (AvgIpc) is 3.18. The standard InChI is InChI=1S/C22H33FO5S.C6H14N4O2/c23-18-8-5-6-9-21(18)29-14-15(24)11-12-17-16(19(25)13-20(17)26)7-3-1-2-4-10-22(27)28;7-4(5(11)12)2-1-3-10-6(8)9/h5-6,8-9,15-17,19-20,24-26H,1-4,7,10-14H2,(H,27,28);4H,1-3,7H2,(H,11,12)(H4,8,9,10)/t15-,16?,17-,19+,20-;4-/m10/s1. The molecule has 0 aliphatic heterocycles. The molecular weight excluding hydrogens is 555 g/mol. The number of aliphatic hydroxyl groups excluding tert-OH is 3. The molecule has 1 aliphatic rings. The highest BCUT2D eigenvalue weighted by atomic mass is 32.2. The topological polar surface area (TPSA) is 235 Å². The van der Waals surface area contributed by atoms with Gasteiger partial charge in [0.25, 0.3) is 0 Å². The number of carbonyl (C=O) groups is 2. The highest BCUT2D eigenvalue weighted by Crippen LogP contribution is 2.39. The quantitative estimate of drug-likeness (QED) is 0.0389. The zero-order valence-corrected chi connectivity index (χ0v) is 24.4. The summed E-state index contributed by atoms with van der Waals surface area (Å²) in [6.45, 7) is 0.557. The van der Waals surface area contributed by atoms with Gasteiger partial charge in [0.15, 0.2) is 0 Å². The number of thioether (sulfide) groups is 1. The first-order valence-corrected chi connectivity index (χ1v) is 15.2. The number of carbonyl (C=O) groups excluding carboxylic acids is 2. The third-order valence-corrected chi connectivity index (χ3v) is 8.38. The number of hydrogen-bond acceptors (Lipinski definition) is 8. The highest BCUT2D eigenvalue weighted by molar-refractivity contribution is 7.99. The third-order valence-electron chi connectivity index (χ3n) is 7.18. The van der Waals surface area contributed by atoms with E-state index >= 15 is 0 Å². The Labute approximate surface area is 245 Å². The molecule has 0 amide bonds. The average molecular weight is 603 g/mol. The molecule has 0 heterocycles. The SMILES string of the molecule is NC(N)=[NH+]CCC[C@H]([NH3+])C(=O)[O-].O=C([O-])CCCCCCC1[C@@H](CC[C@@H](O)CSc2ccccc2F)[C@H](O)C[C@@H]1O. The first kappa shape index (κ1) is 36.6. The van der Waals surface area contributed by atoms with Gasteiger partial charge in [0.05, 0.1) is 30.8 Å². The van der Waals surface area contributed by atoms with Crippen molar-refractivity contribution in [2.75, 3.05) is 12.3 Å². The van der Waals surface area contributed by atoms with Gasteiger partial charge < -0.3 is 40.9 Å². The van der Waals surface area contributed by atoms with Gasteiger partial charge in [0.1, 0.15) is 11.9 Å². The van der Waals surface area contributed by atoms with E-state index in [9.17, 15) is 39.5 Å². The van der Waals surface area contributed by atoms with Crippen molar-refractivity contribution in [1.82, 2.24) is 0 Å². The molecule has 11 N–H and O–H groups in total. The summed E-state index contributed by atoms with van der Waals surface area (Å²) in [7, 11) is 0. The number of quaternary nitrogens is 1. The van der Waals surface area contributed by atoms with Crippen molar-refractivity contribution in [3.63, 3.8) is 0 Å². The second kappa shape index (κ2) is 20.4. The first-order chi connectivity index (χ1) is 19.4. The van der Waals surface area contributed by atoms with Crippen LogP contribution in [0.5, 0.6) is 0 Å². The zero-order valence-electron chi connectivity index (χ0n) is 23.6. The summed E-state index contributed by atoms with van der Waals surface area (Å²) in [6.07, 6.45) is 4.93. The number of nitrogens with one attached hydrogen (secondary N) is 1. The predicted molar refractivity (Wildman–Crippen MR) is 149 cm³/mol. The second-order valence-corrected chi connectivity index (χ2v) is 11.6. The van der Waals surface area contributed by atoms with Crippen molar-refractivity contribution in [1.29, 1.82) is 0 Å². The van der Waals surface area contributed by atoms with Crippen molar-refractivity contribution in [2.24, 2.45) is 23.3 Å². The van der Waals surface area contributed by atoms with Crippen LogP contribution in [0, 0.1) is 17.7 Å². The van der Waals surface area contributed by atoms with Crippen molar-refractivity contribution >= 4 is 29.7 Å². The van der Waals surface area contributed by atoms with Gasteiger partial charge in [0.2, 0.25) is 0 Å². The van der Waals surface area contributed by atoms with E-state index in [0.717, 1.165) is 25.7 Å². The molecule has 1 fully saturated rings. The van der Waals surface area contributed by atoms with E-state index in [1.165, 1.54) is 17.8 Å². The lowest BCUT2D eigenvalue weighted by Crippen LogP contribution is -2.78. The summed E-state index contributed by atoms with van der Waals surface area (Å²) in [5, 5.41) is 51.5. The Hall–Kier alpha value is -2.45. The molecule has 11 nitrogen and oxygen atoms in total. The first-order valence-electron chi connectivity index (χ1n) is 14.2. The molecule has 2 rings (SSSR count). The van der Waals surface area contributed by atoms with Gasteiger partial charge in [-0.3, -0.25) is 16.5 Å². The van der Waals surface area contributed by atoms with E-state index in [1.54, 1.807) is 18.2 Å². The monoisotopic (exact) mass is 602 g/mol. The summed E-state index contributed by atoms with van der Waals surface area (Å²) in [5.41, 5.74) is 13.6. The van der Waals surface area contributed by atoms with Crippen LogP contribution in [0.25, 0.3) is 0 Å². The number of benzene rings is 1. The molecule has 1 saturated carbocycles. The number of guanidine groups is 1. The van der Waals surface area contributed by atoms with E-state index < -0.39 is 36.3 Å². The van der Waals surface area contributed by atoms with Crippen LogP contribution in [0.1, 0.15) is 70.6 Å². The number of carboxylic acid groups (broad SMARTS) is 2. The molecule has 234 valence electrons. The van der Waals surface area contributed by atoms with Crippen LogP contribution in [-0.2, 0) is 9.59 Å². The van der Waals surface area contributed by atoms with Crippen molar-refractivity contribution in [2.45, 2.75) is 99.9 Å². The summed E-state index contributed by atoms with van der Waals surface area (Å²) in [5.74, 6) is -1.97. The van der Waals surface area contributed by atoms with Gasteiger partial charge in [-0.05, 0) is 68.9 Å². The fourth-order valence-electron chi connectivity index (χ4n) is 4.90. The van der Waals surface area contributed by atoms with E-state index in [1.807, 2.05) is 0 Å². The lowest BCUT2D eigenvalue weighted by Gasteiger charge is -2.24. The summed E-state index contributed by atoms with van der Waals surface area (Å²) >= 11 is 1.28. The summed E-state index contributed by atoms with van der Waals surface area (Å²) < 4.78 is 13.7. The summed E-state index contributed by atoms with van der Waals surface area (Å²) in [4.78, 5) is 23.8. The maximum atomic E-state index is 13.7.